The minimum absolute atomic E-state index is 0.119. The molecular formula is C40H47BN2O10. The Morgan fingerprint density at radius 2 is 1.79 bits per heavy atom. The van der Waals surface area contributed by atoms with Crippen molar-refractivity contribution in [2.75, 3.05) is 32.0 Å². The van der Waals surface area contributed by atoms with Crippen LogP contribution in [0.1, 0.15) is 66.8 Å². The van der Waals surface area contributed by atoms with E-state index in [-0.39, 0.29) is 36.4 Å². The van der Waals surface area contributed by atoms with Gasteiger partial charge in [-0.3, -0.25) is 4.79 Å². The highest BCUT2D eigenvalue weighted by Crippen LogP contribution is 2.36. The van der Waals surface area contributed by atoms with E-state index in [0.717, 1.165) is 0 Å². The maximum atomic E-state index is 13.9. The van der Waals surface area contributed by atoms with Crippen LogP contribution in [-0.4, -0.2) is 87.8 Å². The predicted octanol–water partition coefficient (Wildman–Crippen LogP) is 5.99. The summed E-state index contributed by atoms with van der Waals surface area (Å²) >= 11 is 0. The standard InChI is InChI=1S/C40H47BN2O10/c1-26-18-19-31(51-37(44)28-13-7-6-8-14-28)36-32(52-40(3,4)53-36)16-11-15-29-23-30(24-33(49-25-47-5)35(29)38(45)50-27(26)2)48-22-12-21-43(39(41)46)34-17-9-10-20-42-34/h6-11,13-15,17-20,23-24,26-27,31-32,36H,12,16,21-22,25,41H2,1-5H3/b15-11+,19-18-/t26-,27+,31?,32+,36?/m1/s1. The van der Waals surface area contributed by atoms with E-state index in [2.05, 4.69) is 4.98 Å². The minimum atomic E-state index is -0.949. The number of carbonyl (C=O) groups excluding carboxylic acids is 3. The molecule has 0 N–H and O–H groups in total. The number of esters is 2. The Morgan fingerprint density at radius 3 is 2.51 bits per heavy atom. The number of carbonyl (C=O) groups is 3. The first-order valence-electron chi connectivity index (χ1n) is 17.7. The maximum absolute atomic E-state index is 13.9. The number of benzene rings is 2. The zero-order chi connectivity index (χ0) is 38.0. The van der Waals surface area contributed by atoms with Crippen LogP contribution in [0.5, 0.6) is 11.5 Å². The van der Waals surface area contributed by atoms with Gasteiger partial charge in [-0.15, -0.1) is 0 Å². The average Bonchev–Trinajstić information content (AvgIpc) is 3.45. The number of aromatic nitrogens is 1. The van der Waals surface area contributed by atoms with Crippen LogP contribution in [-0.2, 0) is 23.7 Å². The molecule has 2 aliphatic heterocycles. The lowest BCUT2D eigenvalue weighted by Crippen LogP contribution is -2.37. The van der Waals surface area contributed by atoms with Gasteiger partial charge in [-0.25, -0.2) is 14.6 Å². The van der Waals surface area contributed by atoms with Crippen LogP contribution >= 0.6 is 0 Å². The summed E-state index contributed by atoms with van der Waals surface area (Å²) in [4.78, 5) is 45.4. The first kappa shape index (κ1) is 39.2. The smallest absolute Gasteiger partial charge is 0.342 e. The van der Waals surface area contributed by atoms with Crippen LogP contribution in [0.3, 0.4) is 0 Å². The molecule has 280 valence electrons. The summed E-state index contributed by atoms with van der Waals surface area (Å²) in [5.74, 6) is -1.21. The Kier molecular flexibility index (Phi) is 13.5. The fraction of sp³-hybridized carbons (Fsp3) is 0.400. The monoisotopic (exact) mass is 726 g/mol. The Balaban J connectivity index is 1.44. The van der Waals surface area contributed by atoms with Crippen molar-refractivity contribution in [3.63, 3.8) is 0 Å². The second kappa shape index (κ2) is 18.2. The number of pyridine rings is 1. The van der Waals surface area contributed by atoms with Crippen LogP contribution < -0.4 is 14.4 Å². The quantitative estimate of drug-likeness (QED) is 0.0759. The van der Waals surface area contributed by atoms with Gasteiger partial charge in [0.15, 0.2) is 18.4 Å². The van der Waals surface area contributed by atoms with Gasteiger partial charge < -0.3 is 38.1 Å². The summed E-state index contributed by atoms with van der Waals surface area (Å²) in [6.07, 6.45) is 7.28. The van der Waals surface area contributed by atoms with Crippen molar-refractivity contribution in [3.8, 4) is 11.5 Å². The zero-order valence-corrected chi connectivity index (χ0v) is 31.1. The van der Waals surface area contributed by atoms with E-state index < -0.39 is 42.1 Å². The molecule has 2 unspecified atom stereocenters. The maximum Gasteiger partial charge on any atom is 0.342 e. The van der Waals surface area contributed by atoms with E-state index in [9.17, 15) is 14.4 Å². The lowest BCUT2D eigenvalue weighted by Gasteiger charge is -2.26. The number of rotatable bonds is 11. The molecular weight excluding hydrogens is 679 g/mol. The number of hydrogen-bond acceptors (Lipinski definition) is 11. The van der Waals surface area contributed by atoms with Gasteiger partial charge in [0.1, 0.15) is 41.2 Å². The highest BCUT2D eigenvalue weighted by Gasteiger charge is 2.45. The highest BCUT2D eigenvalue weighted by molar-refractivity contribution is 6.60. The molecule has 1 aromatic heterocycles. The van der Waals surface area contributed by atoms with Crippen molar-refractivity contribution in [2.24, 2.45) is 5.92 Å². The van der Waals surface area contributed by atoms with E-state index in [0.29, 0.717) is 42.1 Å². The largest absolute Gasteiger partial charge is 0.493 e. The fourth-order valence-corrected chi connectivity index (χ4v) is 6.05. The van der Waals surface area contributed by atoms with Crippen molar-refractivity contribution in [2.45, 2.75) is 70.7 Å². The third kappa shape index (κ3) is 10.6. The van der Waals surface area contributed by atoms with Gasteiger partial charge in [0.05, 0.1) is 18.3 Å². The van der Waals surface area contributed by atoms with Gasteiger partial charge in [0.2, 0.25) is 7.85 Å². The first-order valence-corrected chi connectivity index (χ1v) is 17.7. The van der Waals surface area contributed by atoms with Crippen LogP contribution in [0.4, 0.5) is 10.6 Å². The third-order valence-corrected chi connectivity index (χ3v) is 8.84. The van der Waals surface area contributed by atoms with Crippen molar-refractivity contribution in [1.29, 1.82) is 0 Å². The molecule has 12 nitrogen and oxygen atoms in total. The summed E-state index contributed by atoms with van der Waals surface area (Å²) < 4.78 is 42.0. The number of ether oxygens (including phenoxy) is 7. The molecule has 0 spiro atoms. The molecule has 0 saturated carbocycles. The molecule has 0 bridgehead atoms. The number of cyclic esters (lactones) is 1. The normalized spacial score (nSPS) is 23.6. The van der Waals surface area contributed by atoms with Crippen molar-refractivity contribution >= 4 is 37.5 Å². The molecule has 0 aliphatic carbocycles. The van der Waals surface area contributed by atoms with Gasteiger partial charge in [-0.1, -0.05) is 49.4 Å². The Bertz CT molecular complexity index is 1770. The number of anilines is 1. The van der Waals surface area contributed by atoms with Crippen molar-refractivity contribution in [1.82, 2.24) is 4.98 Å². The minimum Gasteiger partial charge on any atom is -0.493 e. The van der Waals surface area contributed by atoms with E-state index >= 15 is 0 Å². The van der Waals surface area contributed by atoms with Crippen molar-refractivity contribution < 1.29 is 47.5 Å². The second-order valence-electron chi connectivity index (χ2n) is 13.4. The second-order valence-corrected chi connectivity index (χ2v) is 13.4. The van der Waals surface area contributed by atoms with Gasteiger partial charge in [-0.2, -0.15) is 0 Å². The van der Waals surface area contributed by atoms with Gasteiger partial charge in [-0.05, 0) is 75.6 Å². The summed E-state index contributed by atoms with van der Waals surface area (Å²) in [6.45, 7) is 7.88. The molecule has 53 heavy (non-hydrogen) atoms. The molecule has 3 heterocycles. The molecule has 2 aromatic carbocycles. The molecule has 5 atom stereocenters. The summed E-state index contributed by atoms with van der Waals surface area (Å²) in [5.41, 5.74) is 1.11. The number of nitrogens with zero attached hydrogens (tertiary/aromatic N) is 2. The van der Waals surface area contributed by atoms with E-state index in [4.69, 9.17) is 33.2 Å². The van der Waals surface area contributed by atoms with Gasteiger partial charge >= 0.3 is 11.9 Å². The van der Waals surface area contributed by atoms with Gasteiger partial charge in [0, 0.05) is 31.8 Å². The molecule has 1 fully saturated rings. The Morgan fingerprint density at radius 1 is 1.02 bits per heavy atom. The van der Waals surface area contributed by atoms with Gasteiger partial charge in [0.25, 0.3) is 0 Å². The number of hydrogen-bond donors (Lipinski definition) is 0. The molecule has 1 saturated heterocycles. The molecule has 5 rings (SSSR count). The van der Waals surface area contributed by atoms with Crippen LogP contribution in [0.2, 0.25) is 0 Å². The lowest BCUT2D eigenvalue weighted by molar-refractivity contribution is -0.152. The van der Waals surface area contributed by atoms with E-state index in [1.54, 1.807) is 78.7 Å². The van der Waals surface area contributed by atoms with Crippen LogP contribution in [0.25, 0.3) is 6.08 Å². The molecule has 2 aliphatic rings. The number of methoxy groups -OCH3 is 1. The SMILES string of the molecule is BC(=O)N(CCCOc1cc2c(c(OCOC)c1)C(=O)O[C@@H](C)[C@H](C)/C=C\C(OC(=O)c1ccccc1)C1OC(C)(C)O[C@H]1C/C=C/2)c1ccccn1. The highest BCUT2D eigenvalue weighted by atomic mass is 16.8. The molecule has 1 amide bonds. The Hall–Kier alpha value is -4.98. The van der Waals surface area contributed by atoms with Crippen molar-refractivity contribution in [3.05, 3.63) is 102 Å². The molecule has 0 radical (unpaired) electrons. The number of amides is 1. The molecule has 13 heteroatoms. The Labute approximate surface area is 311 Å². The summed E-state index contributed by atoms with van der Waals surface area (Å²) in [7, 11) is 2.98. The zero-order valence-electron chi connectivity index (χ0n) is 31.1. The summed E-state index contributed by atoms with van der Waals surface area (Å²) in [5, 5.41) is 0. The third-order valence-electron chi connectivity index (χ3n) is 8.84. The first-order chi connectivity index (χ1) is 25.5. The van der Waals surface area contributed by atoms with Crippen LogP contribution in [0.15, 0.2) is 85.1 Å². The van der Waals surface area contributed by atoms with E-state index in [1.165, 1.54) is 15.0 Å². The molecule has 3 aromatic rings. The number of fused-ring (bicyclic) bond motifs is 2. The predicted molar refractivity (Wildman–Crippen MR) is 201 cm³/mol. The van der Waals surface area contributed by atoms with E-state index in [1.807, 2.05) is 45.1 Å². The summed E-state index contributed by atoms with van der Waals surface area (Å²) in [6, 6.07) is 17.5. The fourth-order valence-electron chi connectivity index (χ4n) is 6.05. The lowest BCUT2D eigenvalue weighted by atomic mass is 9.98. The topological polar surface area (TPSA) is 132 Å². The average molecular weight is 727 g/mol. The van der Waals surface area contributed by atoms with Crippen LogP contribution in [0, 0.1) is 5.92 Å².